The molecule has 12 heavy (non-hydrogen) atoms. The van der Waals surface area contributed by atoms with Gasteiger partial charge >= 0.3 is 0 Å². The molecule has 1 aliphatic rings. The van der Waals surface area contributed by atoms with E-state index in [1.54, 1.807) is 13.0 Å². The Morgan fingerprint density at radius 1 is 1.67 bits per heavy atom. The second-order valence-electron chi connectivity index (χ2n) is 2.38. The van der Waals surface area contributed by atoms with Gasteiger partial charge in [-0.05, 0) is 6.92 Å². The standard InChI is InChI=1S/C8H8N2O2/c1-2-10-7(11)4-3-6(5-9)8(10)12/h3H,2,4H2,1H3. The van der Waals surface area contributed by atoms with E-state index < -0.39 is 5.91 Å². The van der Waals surface area contributed by atoms with Crippen molar-refractivity contribution in [2.75, 3.05) is 6.54 Å². The van der Waals surface area contributed by atoms with E-state index in [2.05, 4.69) is 0 Å². The van der Waals surface area contributed by atoms with Crippen LogP contribution in [0.5, 0.6) is 0 Å². The molecule has 0 radical (unpaired) electrons. The Morgan fingerprint density at radius 3 is 2.83 bits per heavy atom. The summed E-state index contributed by atoms with van der Waals surface area (Å²) in [6.45, 7) is 2.03. The number of nitrogens with zero attached hydrogens (tertiary/aromatic N) is 2. The molecule has 0 aromatic rings. The summed E-state index contributed by atoms with van der Waals surface area (Å²) >= 11 is 0. The number of rotatable bonds is 1. The van der Waals surface area contributed by atoms with Crippen LogP contribution in [0.4, 0.5) is 0 Å². The topological polar surface area (TPSA) is 61.2 Å². The number of carbonyl (C=O) groups is 2. The molecule has 0 saturated heterocycles. The van der Waals surface area contributed by atoms with Gasteiger partial charge in [-0.1, -0.05) is 6.08 Å². The van der Waals surface area contributed by atoms with Crippen molar-refractivity contribution in [1.82, 2.24) is 4.90 Å². The molecule has 2 amide bonds. The Kier molecular flexibility index (Phi) is 2.24. The third kappa shape index (κ3) is 1.21. The monoisotopic (exact) mass is 164 g/mol. The first-order valence-electron chi connectivity index (χ1n) is 3.65. The molecule has 62 valence electrons. The van der Waals surface area contributed by atoms with E-state index in [1.165, 1.54) is 6.08 Å². The Bertz CT molecular complexity index is 299. The zero-order chi connectivity index (χ0) is 9.14. The molecule has 0 atom stereocenters. The van der Waals surface area contributed by atoms with Gasteiger partial charge in [0.15, 0.2) is 0 Å². The highest BCUT2D eigenvalue weighted by Crippen LogP contribution is 2.11. The van der Waals surface area contributed by atoms with Crippen LogP contribution >= 0.6 is 0 Å². The summed E-state index contributed by atoms with van der Waals surface area (Å²) in [6.07, 6.45) is 1.53. The average Bonchev–Trinajstić information content (AvgIpc) is 2.06. The van der Waals surface area contributed by atoms with Crippen molar-refractivity contribution >= 4 is 11.8 Å². The number of hydrogen-bond acceptors (Lipinski definition) is 3. The number of hydrogen-bond donors (Lipinski definition) is 0. The van der Waals surface area contributed by atoms with E-state index in [-0.39, 0.29) is 17.9 Å². The average molecular weight is 164 g/mol. The van der Waals surface area contributed by atoms with Gasteiger partial charge in [0.2, 0.25) is 5.91 Å². The number of imide groups is 1. The van der Waals surface area contributed by atoms with Gasteiger partial charge in [0.25, 0.3) is 5.91 Å². The summed E-state index contributed by atoms with van der Waals surface area (Å²) < 4.78 is 0. The molecule has 0 fully saturated rings. The lowest BCUT2D eigenvalue weighted by molar-refractivity contribution is -0.142. The molecule has 1 rings (SSSR count). The van der Waals surface area contributed by atoms with Crippen molar-refractivity contribution < 1.29 is 9.59 Å². The quantitative estimate of drug-likeness (QED) is 0.520. The number of nitriles is 1. The van der Waals surface area contributed by atoms with Crippen molar-refractivity contribution in [2.24, 2.45) is 0 Å². The fourth-order valence-electron chi connectivity index (χ4n) is 1.06. The smallest absolute Gasteiger partial charge is 0.270 e. The molecule has 0 bridgehead atoms. The molecular formula is C8H8N2O2. The first-order valence-corrected chi connectivity index (χ1v) is 3.65. The van der Waals surface area contributed by atoms with Gasteiger partial charge in [-0.2, -0.15) is 5.26 Å². The summed E-state index contributed by atoms with van der Waals surface area (Å²) in [4.78, 5) is 23.3. The molecule has 1 aliphatic heterocycles. The van der Waals surface area contributed by atoms with Crippen LogP contribution < -0.4 is 0 Å². The second-order valence-corrected chi connectivity index (χ2v) is 2.38. The molecular weight excluding hydrogens is 156 g/mol. The molecule has 0 spiro atoms. The van der Waals surface area contributed by atoms with Gasteiger partial charge in [-0.25, -0.2) is 0 Å². The van der Waals surface area contributed by atoms with E-state index in [4.69, 9.17) is 5.26 Å². The zero-order valence-corrected chi connectivity index (χ0v) is 6.70. The Hall–Kier alpha value is -1.63. The highest BCUT2D eigenvalue weighted by molar-refractivity contribution is 6.09. The number of likely N-dealkylation sites (N-methyl/N-ethyl adjacent to an activating group) is 1. The van der Waals surface area contributed by atoms with E-state index in [9.17, 15) is 9.59 Å². The minimum atomic E-state index is -0.476. The minimum absolute atomic E-state index is 0.0662. The van der Waals surface area contributed by atoms with Gasteiger partial charge in [0.05, 0.1) is 0 Å². The fourth-order valence-corrected chi connectivity index (χ4v) is 1.06. The Balaban J connectivity index is 2.96. The molecule has 1 heterocycles. The summed E-state index contributed by atoms with van der Waals surface area (Å²) in [5, 5.41) is 8.48. The third-order valence-electron chi connectivity index (χ3n) is 1.69. The zero-order valence-electron chi connectivity index (χ0n) is 6.70. The molecule has 0 unspecified atom stereocenters. The predicted octanol–water partition coefficient (Wildman–Crippen LogP) is 0.215. The van der Waals surface area contributed by atoms with Crippen LogP contribution in [0.25, 0.3) is 0 Å². The first-order chi connectivity index (χ1) is 5.70. The second kappa shape index (κ2) is 3.18. The van der Waals surface area contributed by atoms with E-state index >= 15 is 0 Å². The highest BCUT2D eigenvalue weighted by Gasteiger charge is 2.26. The van der Waals surface area contributed by atoms with Gasteiger partial charge in [-0.15, -0.1) is 0 Å². The Morgan fingerprint density at radius 2 is 2.33 bits per heavy atom. The maximum atomic E-state index is 11.2. The normalized spacial score (nSPS) is 17.3. The maximum Gasteiger partial charge on any atom is 0.270 e. The minimum Gasteiger partial charge on any atom is -0.278 e. The molecule has 0 aliphatic carbocycles. The molecule has 0 saturated carbocycles. The molecule has 0 aromatic heterocycles. The largest absolute Gasteiger partial charge is 0.278 e. The van der Waals surface area contributed by atoms with Crippen LogP contribution in [0, 0.1) is 11.3 Å². The van der Waals surface area contributed by atoms with Crippen molar-refractivity contribution in [2.45, 2.75) is 13.3 Å². The summed E-state index contributed by atoms with van der Waals surface area (Å²) in [6, 6.07) is 1.76. The van der Waals surface area contributed by atoms with Crippen LogP contribution in [0.2, 0.25) is 0 Å². The van der Waals surface area contributed by atoms with E-state index in [1.807, 2.05) is 0 Å². The van der Waals surface area contributed by atoms with Crippen LogP contribution in [-0.4, -0.2) is 23.3 Å². The van der Waals surface area contributed by atoms with Gasteiger partial charge < -0.3 is 0 Å². The summed E-state index contributed by atoms with van der Waals surface area (Å²) in [5.41, 5.74) is 0.0662. The van der Waals surface area contributed by atoms with Gasteiger partial charge in [0, 0.05) is 13.0 Å². The fraction of sp³-hybridized carbons (Fsp3) is 0.375. The lowest BCUT2D eigenvalue weighted by Gasteiger charge is -2.20. The van der Waals surface area contributed by atoms with E-state index in [0.717, 1.165) is 4.90 Å². The highest BCUT2D eigenvalue weighted by atomic mass is 16.2. The van der Waals surface area contributed by atoms with Crippen LogP contribution in [0.1, 0.15) is 13.3 Å². The summed E-state index contributed by atoms with van der Waals surface area (Å²) in [5.74, 6) is -0.710. The molecule has 4 nitrogen and oxygen atoms in total. The number of carbonyl (C=O) groups excluding carboxylic acids is 2. The van der Waals surface area contributed by atoms with Crippen molar-refractivity contribution in [3.05, 3.63) is 11.6 Å². The number of amides is 2. The van der Waals surface area contributed by atoms with Crippen LogP contribution in [-0.2, 0) is 9.59 Å². The SMILES string of the molecule is CCN1C(=O)CC=C(C#N)C1=O. The maximum absolute atomic E-state index is 11.2. The first kappa shape index (κ1) is 8.47. The lowest BCUT2D eigenvalue weighted by Crippen LogP contribution is -2.39. The van der Waals surface area contributed by atoms with Gasteiger partial charge in [-0.3, -0.25) is 14.5 Å². The van der Waals surface area contributed by atoms with Crippen LogP contribution in [0.15, 0.2) is 11.6 Å². The van der Waals surface area contributed by atoms with Crippen molar-refractivity contribution in [1.29, 1.82) is 5.26 Å². The van der Waals surface area contributed by atoms with Gasteiger partial charge in [0.1, 0.15) is 11.6 Å². The molecule has 0 N–H and O–H groups in total. The summed E-state index contributed by atoms with van der Waals surface area (Å²) in [7, 11) is 0. The third-order valence-corrected chi connectivity index (χ3v) is 1.69. The molecule has 4 heteroatoms. The van der Waals surface area contributed by atoms with Crippen molar-refractivity contribution in [3.63, 3.8) is 0 Å². The van der Waals surface area contributed by atoms with E-state index in [0.29, 0.717) is 6.54 Å². The predicted molar refractivity (Wildman–Crippen MR) is 40.7 cm³/mol. The lowest BCUT2D eigenvalue weighted by atomic mass is 10.1. The Labute approximate surface area is 70.1 Å². The molecule has 0 aromatic carbocycles. The van der Waals surface area contributed by atoms with Crippen molar-refractivity contribution in [3.8, 4) is 6.07 Å². The van der Waals surface area contributed by atoms with Crippen LogP contribution in [0.3, 0.4) is 0 Å².